The molecule has 0 bridgehead atoms. The number of ether oxygens (including phenoxy) is 1. The molecule has 0 aliphatic heterocycles. The first kappa shape index (κ1) is 26.3. The number of aliphatic hydroxyl groups excluding tert-OH is 3. The van der Waals surface area contributed by atoms with E-state index in [2.05, 4.69) is 12.7 Å². The Hall–Kier alpha value is -1.98. The highest BCUT2D eigenvalue weighted by Gasteiger charge is 2.17. The maximum absolute atomic E-state index is 10.7. The second-order valence-electron chi connectivity index (χ2n) is 7.50. The van der Waals surface area contributed by atoms with E-state index in [1.54, 1.807) is 30.3 Å². The number of aliphatic hydroxyl groups is 3. The van der Waals surface area contributed by atoms with Crippen molar-refractivity contribution in [2.24, 2.45) is 0 Å². The molecule has 0 fully saturated rings. The van der Waals surface area contributed by atoms with Crippen molar-refractivity contribution in [1.29, 1.82) is 0 Å². The number of phenols is 1. The maximum atomic E-state index is 10.7. The Morgan fingerprint density at radius 2 is 1.94 bits per heavy atom. The van der Waals surface area contributed by atoms with Crippen molar-refractivity contribution in [3.63, 3.8) is 0 Å². The van der Waals surface area contributed by atoms with Crippen LogP contribution in [0.25, 0.3) is 0 Å². The molecule has 2 atom stereocenters. The molecule has 0 aromatic heterocycles. The third-order valence-corrected chi connectivity index (χ3v) is 5.45. The summed E-state index contributed by atoms with van der Waals surface area (Å²) >= 11 is 12.0. The molecule has 0 spiro atoms. The number of benzene rings is 2. The average Bonchev–Trinajstić information content (AvgIpc) is 2.78. The summed E-state index contributed by atoms with van der Waals surface area (Å²) in [6, 6.07) is 10.0. The van der Waals surface area contributed by atoms with Gasteiger partial charge in [-0.2, -0.15) is 0 Å². The fourth-order valence-electron chi connectivity index (χ4n) is 3.23. The summed E-state index contributed by atoms with van der Waals surface area (Å²) in [5.74, 6) is 0.406. The number of aromatic hydroxyl groups is 1. The SMILES string of the molecule is CCCCC(=C=CC[C@@H](O)c1cccc(OCCO)c1)C[C@@H](O)c1cc(Cl)cc(Cl)c1O. The fraction of sp³-hybridized carbons (Fsp3) is 0.400. The highest BCUT2D eigenvalue weighted by Crippen LogP contribution is 2.37. The Morgan fingerprint density at radius 1 is 1.16 bits per heavy atom. The predicted octanol–water partition coefficient (Wildman–Crippen LogP) is 5.89. The van der Waals surface area contributed by atoms with Crippen LogP contribution in [0.3, 0.4) is 0 Å². The summed E-state index contributed by atoms with van der Waals surface area (Å²) < 4.78 is 5.39. The molecule has 0 heterocycles. The Bertz CT molecular complexity index is 938. The lowest BCUT2D eigenvalue weighted by atomic mass is 9.97. The van der Waals surface area contributed by atoms with E-state index >= 15 is 0 Å². The predicted molar refractivity (Wildman–Crippen MR) is 127 cm³/mol. The van der Waals surface area contributed by atoms with E-state index in [9.17, 15) is 15.3 Å². The normalized spacial score (nSPS) is 12.7. The van der Waals surface area contributed by atoms with Crippen LogP contribution in [0.2, 0.25) is 10.0 Å². The van der Waals surface area contributed by atoms with E-state index < -0.39 is 12.2 Å². The zero-order valence-corrected chi connectivity index (χ0v) is 19.6. The molecule has 5 nitrogen and oxygen atoms in total. The van der Waals surface area contributed by atoms with Crippen LogP contribution >= 0.6 is 23.2 Å². The lowest BCUT2D eigenvalue weighted by molar-refractivity contribution is 0.173. The zero-order valence-electron chi connectivity index (χ0n) is 18.1. The van der Waals surface area contributed by atoms with Crippen molar-refractivity contribution in [1.82, 2.24) is 0 Å². The molecule has 0 unspecified atom stereocenters. The molecular formula is C25H30Cl2O5. The third kappa shape index (κ3) is 8.18. The lowest BCUT2D eigenvalue weighted by Crippen LogP contribution is -2.03. The molecule has 4 N–H and O–H groups in total. The summed E-state index contributed by atoms with van der Waals surface area (Å²) in [4.78, 5) is 0. The van der Waals surface area contributed by atoms with Gasteiger partial charge in [-0.1, -0.05) is 48.7 Å². The Labute approximate surface area is 199 Å². The van der Waals surface area contributed by atoms with Crippen LogP contribution in [-0.2, 0) is 0 Å². The average molecular weight is 481 g/mol. The highest BCUT2D eigenvalue weighted by molar-refractivity contribution is 6.35. The molecule has 32 heavy (non-hydrogen) atoms. The first-order chi connectivity index (χ1) is 15.3. The second-order valence-corrected chi connectivity index (χ2v) is 8.34. The van der Waals surface area contributed by atoms with Crippen molar-refractivity contribution >= 4 is 23.2 Å². The van der Waals surface area contributed by atoms with Gasteiger partial charge in [0.15, 0.2) is 0 Å². The van der Waals surface area contributed by atoms with Gasteiger partial charge in [-0.15, -0.1) is 5.73 Å². The van der Waals surface area contributed by atoms with Crippen LogP contribution in [0.1, 0.15) is 62.4 Å². The van der Waals surface area contributed by atoms with E-state index in [1.165, 1.54) is 12.1 Å². The van der Waals surface area contributed by atoms with Crippen molar-refractivity contribution < 1.29 is 25.2 Å². The molecule has 0 radical (unpaired) electrons. The van der Waals surface area contributed by atoms with E-state index in [4.69, 9.17) is 33.0 Å². The summed E-state index contributed by atoms with van der Waals surface area (Å²) in [6.07, 6.45) is 3.29. The van der Waals surface area contributed by atoms with Crippen LogP contribution in [0.5, 0.6) is 11.5 Å². The topological polar surface area (TPSA) is 90.2 Å². The second kappa shape index (κ2) is 13.5. The first-order valence-corrected chi connectivity index (χ1v) is 11.4. The lowest BCUT2D eigenvalue weighted by Gasteiger charge is -2.15. The molecular weight excluding hydrogens is 451 g/mol. The number of hydrogen-bond donors (Lipinski definition) is 4. The van der Waals surface area contributed by atoms with Crippen LogP contribution in [-0.4, -0.2) is 33.6 Å². The third-order valence-electron chi connectivity index (χ3n) is 4.94. The fourth-order valence-corrected chi connectivity index (χ4v) is 3.74. The van der Waals surface area contributed by atoms with Crippen LogP contribution in [0, 0.1) is 0 Å². The van der Waals surface area contributed by atoms with Crippen molar-refractivity contribution in [2.75, 3.05) is 13.2 Å². The largest absolute Gasteiger partial charge is 0.506 e. The number of unbranched alkanes of at least 4 members (excludes halogenated alkanes) is 1. The van der Waals surface area contributed by atoms with Crippen LogP contribution in [0.15, 0.2) is 53.8 Å². The summed E-state index contributed by atoms with van der Waals surface area (Å²) in [5, 5.41) is 40.7. The molecule has 0 aliphatic carbocycles. The molecule has 2 aromatic rings. The van der Waals surface area contributed by atoms with Gasteiger partial charge in [0, 0.05) is 23.4 Å². The van der Waals surface area contributed by atoms with Crippen LogP contribution < -0.4 is 4.74 Å². The monoisotopic (exact) mass is 480 g/mol. The number of rotatable bonds is 12. The Balaban J connectivity index is 2.13. The number of hydrogen-bond acceptors (Lipinski definition) is 5. The van der Waals surface area contributed by atoms with Crippen molar-refractivity contribution in [2.45, 2.75) is 51.2 Å². The van der Waals surface area contributed by atoms with Gasteiger partial charge in [0.2, 0.25) is 0 Å². The molecule has 7 heteroatoms. The first-order valence-electron chi connectivity index (χ1n) is 10.7. The van der Waals surface area contributed by atoms with Gasteiger partial charge >= 0.3 is 0 Å². The minimum Gasteiger partial charge on any atom is -0.506 e. The molecule has 0 amide bonds. The summed E-state index contributed by atoms with van der Waals surface area (Å²) in [6.45, 7) is 2.19. The molecule has 0 saturated heterocycles. The summed E-state index contributed by atoms with van der Waals surface area (Å²) in [7, 11) is 0. The maximum Gasteiger partial charge on any atom is 0.140 e. The smallest absolute Gasteiger partial charge is 0.140 e. The van der Waals surface area contributed by atoms with E-state index in [1.807, 2.05) is 0 Å². The zero-order chi connectivity index (χ0) is 23.5. The van der Waals surface area contributed by atoms with Crippen molar-refractivity contribution in [3.05, 3.63) is 75.0 Å². The number of halogens is 2. The van der Waals surface area contributed by atoms with Gasteiger partial charge in [0.1, 0.15) is 18.1 Å². The van der Waals surface area contributed by atoms with Gasteiger partial charge < -0.3 is 25.2 Å². The van der Waals surface area contributed by atoms with Crippen LogP contribution in [0.4, 0.5) is 0 Å². The van der Waals surface area contributed by atoms with E-state index in [-0.39, 0.29) is 36.0 Å². The molecule has 0 aliphatic rings. The standard InChI is InChI=1S/C25H30Cl2O5/c1-2-3-6-17(13-24(30)21-15-19(26)16-22(27)25(21)31)7-4-10-23(29)18-8-5-9-20(14-18)32-12-11-28/h4-5,8-9,14-16,23-24,28-31H,2-3,6,10-13H2,1H3/t7?,23-,24-/m1/s1. The van der Waals surface area contributed by atoms with Gasteiger partial charge in [-0.05, 0) is 54.3 Å². The van der Waals surface area contributed by atoms with Gasteiger partial charge in [0.05, 0.1) is 23.8 Å². The van der Waals surface area contributed by atoms with E-state index in [0.717, 1.165) is 24.8 Å². The van der Waals surface area contributed by atoms with Gasteiger partial charge in [-0.3, -0.25) is 0 Å². The minimum atomic E-state index is -0.982. The minimum absolute atomic E-state index is 0.0775. The molecule has 174 valence electrons. The quantitative estimate of drug-likeness (QED) is 0.284. The van der Waals surface area contributed by atoms with Gasteiger partial charge in [0.25, 0.3) is 0 Å². The van der Waals surface area contributed by atoms with E-state index in [0.29, 0.717) is 22.8 Å². The van der Waals surface area contributed by atoms with Gasteiger partial charge in [-0.25, -0.2) is 0 Å². The number of phenolic OH excluding ortho intramolecular Hbond substituents is 1. The molecule has 2 aromatic carbocycles. The highest BCUT2D eigenvalue weighted by atomic mass is 35.5. The Morgan fingerprint density at radius 3 is 2.66 bits per heavy atom. The molecule has 0 saturated carbocycles. The Kier molecular flexibility index (Phi) is 11.1. The summed E-state index contributed by atoms with van der Waals surface area (Å²) in [5.41, 5.74) is 5.07. The molecule has 2 rings (SSSR count). The van der Waals surface area contributed by atoms with Crippen molar-refractivity contribution in [3.8, 4) is 11.5 Å².